The van der Waals surface area contributed by atoms with Gasteiger partial charge in [0.1, 0.15) is 6.61 Å². The van der Waals surface area contributed by atoms with Crippen LogP contribution in [0.25, 0.3) is 0 Å². The molecule has 138 valence electrons. The van der Waals surface area contributed by atoms with E-state index < -0.39 is 0 Å². The summed E-state index contributed by atoms with van der Waals surface area (Å²) in [5.41, 5.74) is 4.71. The third-order valence-electron chi connectivity index (χ3n) is 4.39. The van der Waals surface area contributed by atoms with Crippen molar-refractivity contribution in [2.75, 3.05) is 24.6 Å². The lowest BCUT2D eigenvalue weighted by Gasteiger charge is -2.22. The Morgan fingerprint density at radius 3 is 2.54 bits per heavy atom. The second-order valence-electron chi connectivity index (χ2n) is 6.01. The van der Waals surface area contributed by atoms with Crippen LogP contribution in [0.4, 0.5) is 11.4 Å². The Morgan fingerprint density at radius 2 is 1.96 bits per heavy atom. The highest BCUT2D eigenvalue weighted by molar-refractivity contribution is 6.49. The van der Waals surface area contributed by atoms with Crippen molar-refractivity contribution in [2.24, 2.45) is 4.99 Å². The standard InChI is InChI=1S/C20H24ClN3O2/c1-5-24(6-2)16-7-8-17(13(3)9-16)23-18-10-15(11-26-12-22)20(25)19(21)14(18)4/h7-10,12,22H,5-6,11H2,1-4H3. The molecule has 0 saturated carbocycles. The lowest BCUT2D eigenvalue weighted by atomic mass is 9.97. The third-order valence-corrected chi connectivity index (χ3v) is 4.84. The highest BCUT2D eigenvalue weighted by atomic mass is 35.5. The molecule has 1 aliphatic carbocycles. The topological polar surface area (TPSA) is 65.8 Å². The average Bonchev–Trinajstić information content (AvgIpc) is 2.64. The number of ether oxygens (including phenoxy) is 1. The maximum absolute atomic E-state index is 12.2. The molecule has 6 heteroatoms. The van der Waals surface area contributed by atoms with E-state index in [4.69, 9.17) is 26.7 Å². The van der Waals surface area contributed by atoms with Gasteiger partial charge in [-0.15, -0.1) is 0 Å². The van der Waals surface area contributed by atoms with Gasteiger partial charge in [-0.2, -0.15) is 0 Å². The summed E-state index contributed by atoms with van der Waals surface area (Å²) in [4.78, 5) is 19.2. The molecule has 0 spiro atoms. The van der Waals surface area contributed by atoms with E-state index in [2.05, 4.69) is 30.9 Å². The lowest BCUT2D eigenvalue weighted by molar-refractivity contribution is -0.112. The number of hydrogen-bond acceptors (Lipinski definition) is 5. The molecule has 0 radical (unpaired) electrons. The molecular weight excluding hydrogens is 350 g/mol. The van der Waals surface area contributed by atoms with Gasteiger partial charge < -0.3 is 9.64 Å². The van der Waals surface area contributed by atoms with Crippen LogP contribution < -0.4 is 4.90 Å². The first-order valence-corrected chi connectivity index (χ1v) is 8.97. The monoisotopic (exact) mass is 373 g/mol. The third kappa shape index (κ3) is 4.22. The van der Waals surface area contributed by atoms with Crippen LogP contribution in [-0.2, 0) is 9.53 Å². The van der Waals surface area contributed by atoms with E-state index in [9.17, 15) is 4.79 Å². The Labute approximate surface area is 159 Å². The van der Waals surface area contributed by atoms with Gasteiger partial charge in [0.2, 0.25) is 5.78 Å². The van der Waals surface area contributed by atoms with Gasteiger partial charge in [0.25, 0.3) is 0 Å². The number of benzene rings is 1. The van der Waals surface area contributed by atoms with E-state index >= 15 is 0 Å². The zero-order valence-electron chi connectivity index (χ0n) is 15.6. The Kier molecular flexibility index (Phi) is 6.75. The molecule has 0 heterocycles. The molecule has 1 aliphatic rings. The maximum atomic E-state index is 12.2. The summed E-state index contributed by atoms with van der Waals surface area (Å²) < 4.78 is 4.93. The first-order valence-electron chi connectivity index (χ1n) is 8.59. The number of ketones is 1. The van der Waals surface area contributed by atoms with E-state index in [-0.39, 0.29) is 17.4 Å². The lowest BCUT2D eigenvalue weighted by Crippen LogP contribution is -2.21. The molecule has 0 bridgehead atoms. The van der Waals surface area contributed by atoms with Gasteiger partial charge >= 0.3 is 0 Å². The molecule has 0 amide bonds. The summed E-state index contributed by atoms with van der Waals surface area (Å²) in [5, 5.41) is 7.10. The largest absolute Gasteiger partial charge is 0.479 e. The van der Waals surface area contributed by atoms with Crippen molar-refractivity contribution >= 4 is 40.9 Å². The summed E-state index contributed by atoms with van der Waals surface area (Å²) in [7, 11) is 0. The van der Waals surface area contributed by atoms with Crippen LogP contribution in [0.5, 0.6) is 0 Å². The summed E-state index contributed by atoms with van der Waals surface area (Å²) in [6.07, 6.45) is 2.49. The average molecular weight is 374 g/mol. The number of carbonyl (C=O) groups excluding carboxylic acids is 1. The zero-order chi connectivity index (χ0) is 19.3. The molecule has 0 aliphatic heterocycles. The SMILES string of the molecule is CCN(CC)c1ccc(N=C2C=C(COC=N)C(=O)C(Cl)=C2C)c(C)c1. The van der Waals surface area contributed by atoms with E-state index in [0.29, 0.717) is 16.9 Å². The van der Waals surface area contributed by atoms with Gasteiger partial charge in [-0.25, -0.2) is 4.99 Å². The predicted molar refractivity (Wildman–Crippen MR) is 108 cm³/mol. The van der Waals surface area contributed by atoms with Crippen molar-refractivity contribution < 1.29 is 9.53 Å². The minimum atomic E-state index is -0.279. The number of allylic oxidation sites excluding steroid dienone is 3. The van der Waals surface area contributed by atoms with Crippen LogP contribution in [-0.4, -0.2) is 37.6 Å². The second kappa shape index (κ2) is 8.81. The highest BCUT2D eigenvalue weighted by Crippen LogP contribution is 2.29. The molecule has 0 unspecified atom stereocenters. The van der Waals surface area contributed by atoms with Crippen LogP contribution in [0.2, 0.25) is 0 Å². The minimum absolute atomic E-state index is 0.00470. The smallest absolute Gasteiger partial charge is 0.204 e. The number of carbonyl (C=O) groups is 1. The molecule has 1 aromatic rings. The van der Waals surface area contributed by atoms with E-state index in [1.165, 1.54) is 0 Å². The second-order valence-corrected chi connectivity index (χ2v) is 6.38. The van der Waals surface area contributed by atoms with Gasteiger partial charge in [0.05, 0.1) is 16.4 Å². The van der Waals surface area contributed by atoms with Crippen LogP contribution in [0.3, 0.4) is 0 Å². The van der Waals surface area contributed by atoms with Gasteiger partial charge in [0, 0.05) is 24.4 Å². The fourth-order valence-corrected chi connectivity index (χ4v) is 3.02. The van der Waals surface area contributed by atoms with Crippen molar-refractivity contribution in [3.8, 4) is 0 Å². The zero-order valence-corrected chi connectivity index (χ0v) is 16.4. The van der Waals surface area contributed by atoms with Crippen molar-refractivity contribution in [1.82, 2.24) is 0 Å². The fraction of sp³-hybridized carbons (Fsp3) is 0.350. The van der Waals surface area contributed by atoms with E-state index in [1.807, 2.05) is 13.0 Å². The number of halogens is 1. The molecule has 2 rings (SSSR count). The van der Waals surface area contributed by atoms with E-state index in [1.54, 1.807) is 13.0 Å². The predicted octanol–water partition coefficient (Wildman–Crippen LogP) is 4.56. The molecule has 0 fully saturated rings. The number of nitrogens with one attached hydrogen (secondary N) is 1. The van der Waals surface area contributed by atoms with Gasteiger partial charge in [0.15, 0.2) is 6.40 Å². The summed E-state index contributed by atoms with van der Waals surface area (Å²) in [5.74, 6) is -0.279. The summed E-state index contributed by atoms with van der Waals surface area (Å²) >= 11 is 6.19. The molecule has 5 nitrogen and oxygen atoms in total. The molecule has 0 atom stereocenters. The van der Waals surface area contributed by atoms with Crippen LogP contribution >= 0.6 is 11.6 Å². The van der Waals surface area contributed by atoms with Crippen LogP contribution in [0, 0.1) is 12.3 Å². The molecule has 0 aromatic heterocycles. The number of nitrogens with zero attached hydrogens (tertiary/aromatic N) is 2. The number of hydrogen-bond donors (Lipinski definition) is 1. The first kappa shape index (κ1) is 19.9. The fourth-order valence-electron chi connectivity index (χ4n) is 2.80. The number of aliphatic imine (C=N–C) groups is 1. The van der Waals surface area contributed by atoms with E-state index in [0.717, 1.165) is 36.4 Å². The Hall–Kier alpha value is -2.40. The van der Waals surface area contributed by atoms with Gasteiger partial charge in [-0.1, -0.05) is 11.6 Å². The Morgan fingerprint density at radius 1 is 1.27 bits per heavy atom. The quantitative estimate of drug-likeness (QED) is 0.433. The highest BCUT2D eigenvalue weighted by Gasteiger charge is 2.24. The normalized spacial score (nSPS) is 16.0. The Bertz CT molecular complexity index is 805. The van der Waals surface area contributed by atoms with Gasteiger partial charge in [-0.3, -0.25) is 10.2 Å². The number of Topliss-reactive ketones (excluding diaryl/α,β-unsaturated/α-hetero) is 1. The molecule has 26 heavy (non-hydrogen) atoms. The Balaban J connectivity index is 2.42. The maximum Gasteiger partial charge on any atom is 0.204 e. The number of anilines is 1. The number of aryl methyl sites for hydroxylation is 1. The minimum Gasteiger partial charge on any atom is -0.479 e. The first-order chi connectivity index (χ1) is 12.4. The number of rotatable bonds is 7. The van der Waals surface area contributed by atoms with Crippen molar-refractivity contribution in [1.29, 1.82) is 5.41 Å². The molecule has 0 saturated heterocycles. The van der Waals surface area contributed by atoms with Crippen molar-refractivity contribution in [3.05, 3.63) is 46.0 Å². The molecular formula is C20H24ClN3O2. The van der Waals surface area contributed by atoms with Gasteiger partial charge in [-0.05, 0) is 63.1 Å². The molecule has 1 aromatic carbocycles. The van der Waals surface area contributed by atoms with Crippen LogP contribution in [0.15, 0.2) is 45.4 Å². The summed E-state index contributed by atoms with van der Waals surface area (Å²) in [6.45, 7) is 9.96. The molecule has 1 N–H and O–H groups in total. The van der Waals surface area contributed by atoms with Crippen molar-refractivity contribution in [3.63, 3.8) is 0 Å². The van der Waals surface area contributed by atoms with Crippen LogP contribution in [0.1, 0.15) is 26.3 Å². The summed E-state index contributed by atoms with van der Waals surface area (Å²) in [6, 6.07) is 6.15. The van der Waals surface area contributed by atoms with Crippen molar-refractivity contribution in [2.45, 2.75) is 27.7 Å².